The first-order valence-electron chi connectivity index (χ1n) is 5.61. The van der Waals surface area contributed by atoms with Gasteiger partial charge in [-0.1, -0.05) is 11.6 Å². The van der Waals surface area contributed by atoms with E-state index in [9.17, 15) is 4.79 Å². The Morgan fingerprint density at radius 3 is 2.55 bits per heavy atom. The normalized spacial score (nSPS) is 10.2. The fraction of sp³-hybridized carbons (Fsp3) is 0.0714. The summed E-state index contributed by atoms with van der Waals surface area (Å²) in [5.41, 5.74) is 1.14. The molecule has 2 rings (SSSR count). The molecule has 20 heavy (non-hydrogen) atoms. The van der Waals surface area contributed by atoms with E-state index >= 15 is 0 Å². The van der Waals surface area contributed by atoms with E-state index in [4.69, 9.17) is 16.3 Å². The number of rotatable bonds is 3. The van der Waals surface area contributed by atoms with E-state index < -0.39 is 0 Å². The highest BCUT2D eigenvalue weighted by Crippen LogP contribution is 2.28. The van der Waals surface area contributed by atoms with E-state index in [0.29, 0.717) is 26.5 Å². The van der Waals surface area contributed by atoms with E-state index in [-0.39, 0.29) is 5.91 Å². The molecule has 0 fully saturated rings. The van der Waals surface area contributed by atoms with Crippen LogP contribution in [-0.2, 0) is 0 Å². The van der Waals surface area contributed by atoms with Crippen LogP contribution in [0, 0.1) is 0 Å². The summed E-state index contributed by atoms with van der Waals surface area (Å²) < 4.78 is 6.55. The maximum absolute atomic E-state index is 12.3. The fourth-order valence-corrected chi connectivity index (χ4v) is 2.80. The predicted octanol–water partition coefficient (Wildman–Crippen LogP) is 5.13. The Morgan fingerprint density at radius 1 is 1.15 bits per heavy atom. The topological polar surface area (TPSA) is 38.3 Å². The van der Waals surface area contributed by atoms with Gasteiger partial charge in [0.15, 0.2) is 0 Å². The van der Waals surface area contributed by atoms with Crippen molar-refractivity contribution in [3.05, 3.63) is 55.9 Å². The molecule has 2 aromatic carbocycles. The Labute approximate surface area is 138 Å². The molecule has 0 aromatic heterocycles. The van der Waals surface area contributed by atoms with Crippen LogP contribution in [0.1, 0.15) is 10.4 Å². The van der Waals surface area contributed by atoms with Crippen LogP contribution < -0.4 is 10.1 Å². The highest BCUT2D eigenvalue weighted by atomic mass is 79.9. The van der Waals surface area contributed by atoms with Gasteiger partial charge in [0.2, 0.25) is 0 Å². The van der Waals surface area contributed by atoms with Gasteiger partial charge in [-0.05, 0) is 62.2 Å². The van der Waals surface area contributed by atoms with Crippen molar-refractivity contribution in [3.63, 3.8) is 0 Å². The standard InChI is InChI=1S/C14H10Br2ClNO2/c1-20-9-3-5-11(15)13(7-9)18-14(19)10-4-2-8(17)6-12(10)16/h2-7H,1H3,(H,18,19). The first kappa shape index (κ1) is 15.4. The molecule has 3 nitrogen and oxygen atoms in total. The molecule has 0 saturated heterocycles. The van der Waals surface area contributed by atoms with Crippen molar-refractivity contribution < 1.29 is 9.53 Å². The smallest absolute Gasteiger partial charge is 0.256 e. The summed E-state index contributed by atoms with van der Waals surface area (Å²) in [6, 6.07) is 10.4. The van der Waals surface area contributed by atoms with Gasteiger partial charge in [0, 0.05) is 20.0 Å². The van der Waals surface area contributed by atoms with Crippen LogP contribution >= 0.6 is 43.5 Å². The summed E-state index contributed by atoms with van der Waals surface area (Å²) in [5.74, 6) is 0.432. The molecule has 0 heterocycles. The minimum Gasteiger partial charge on any atom is -0.497 e. The summed E-state index contributed by atoms with van der Waals surface area (Å²) in [7, 11) is 1.57. The second-order valence-corrected chi connectivity index (χ2v) is 6.07. The molecule has 0 atom stereocenters. The van der Waals surface area contributed by atoms with Gasteiger partial charge in [-0.2, -0.15) is 0 Å². The monoisotopic (exact) mass is 417 g/mol. The van der Waals surface area contributed by atoms with Crippen LogP contribution in [0.5, 0.6) is 5.75 Å². The second kappa shape index (κ2) is 6.61. The number of methoxy groups -OCH3 is 1. The van der Waals surface area contributed by atoms with Crippen molar-refractivity contribution in [2.24, 2.45) is 0 Å². The summed E-state index contributed by atoms with van der Waals surface area (Å²) >= 11 is 12.6. The molecule has 0 radical (unpaired) electrons. The fourth-order valence-electron chi connectivity index (χ4n) is 1.59. The molecule has 0 aliphatic rings. The molecule has 0 spiro atoms. The van der Waals surface area contributed by atoms with Gasteiger partial charge in [-0.15, -0.1) is 0 Å². The van der Waals surface area contributed by atoms with Gasteiger partial charge in [-0.25, -0.2) is 0 Å². The molecule has 1 N–H and O–H groups in total. The molecule has 104 valence electrons. The second-order valence-electron chi connectivity index (χ2n) is 3.92. The van der Waals surface area contributed by atoms with Crippen LogP contribution in [0.4, 0.5) is 5.69 Å². The molecular formula is C14H10Br2ClNO2. The molecular weight excluding hydrogens is 409 g/mol. The number of nitrogens with one attached hydrogen (secondary N) is 1. The summed E-state index contributed by atoms with van der Waals surface area (Å²) in [4.78, 5) is 12.3. The van der Waals surface area contributed by atoms with Crippen LogP contribution in [0.25, 0.3) is 0 Å². The van der Waals surface area contributed by atoms with Crippen LogP contribution in [0.3, 0.4) is 0 Å². The van der Waals surface area contributed by atoms with E-state index in [1.54, 1.807) is 37.4 Å². The lowest BCUT2D eigenvalue weighted by Gasteiger charge is -2.10. The molecule has 6 heteroatoms. The zero-order valence-electron chi connectivity index (χ0n) is 10.4. The van der Waals surface area contributed by atoms with Gasteiger partial charge in [0.1, 0.15) is 5.75 Å². The van der Waals surface area contributed by atoms with E-state index in [1.807, 2.05) is 6.07 Å². The van der Waals surface area contributed by atoms with Crippen molar-refractivity contribution in [3.8, 4) is 5.75 Å². The summed E-state index contributed by atoms with van der Waals surface area (Å²) in [6.45, 7) is 0. The van der Waals surface area contributed by atoms with E-state index in [2.05, 4.69) is 37.2 Å². The molecule has 0 bridgehead atoms. The number of halogens is 3. The first-order chi connectivity index (χ1) is 9.51. The molecule has 0 unspecified atom stereocenters. The zero-order valence-corrected chi connectivity index (χ0v) is 14.3. The maximum atomic E-state index is 12.3. The maximum Gasteiger partial charge on any atom is 0.256 e. The van der Waals surface area contributed by atoms with Crippen LogP contribution in [0.15, 0.2) is 45.3 Å². The Balaban J connectivity index is 2.27. The third kappa shape index (κ3) is 3.53. The number of ether oxygens (including phenoxy) is 1. The molecule has 1 amide bonds. The predicted molar refractivity (Wildman–Crippen MR) is 87.8 cm³/mol. The number of anilines is 1. The van der Waals surface area contributed by atoms with Crippen molar-refractivity contribution in [1.29, 1.82) is 0 Å². The lowest BCUT2D eigenvalue weighted by molar-refractivity contribution is 0.102. The van der Waals surface area contributed by atoms with Crippen LogP contribution in [0.2, 0.25) is 5.02 Å². The van der Waals surface area contributed by atoms with E-state index in [0.717, 1.165) is 4.47 Å². The third-order valence-electron chi connectivity index (χ3n) is 2.60. The van der Waals surface area contributed by atoms with Gasteiger partial charge in [0.05, 0.1) is 18.4 Å². The number of benzene rings is 2. The van der Waals surface area contributed by atoms with E-state index in [1.165, 1.54) is 0 Å². The zero-order chi connectivity index (χ0) is 14.7. The minimum absolute atomic E-state index is 0.234. The summed E-state index contributed by atoms with van der Waals surface area (Å²) in [6.07, 6.45) is 0. The Hall–Kier alpha value is -1.04. The van der Waals surface area contributed by atoms with Gasteiger partial charge < -0.3 is 10.1 Å². The average molecular weight is 420 g/mol. The summed E-state index contributed by atoms with van der Waals surface area (Å²) in [5, 5.41) is 3.39. The largest absolute Gasteiger partial charge is 0.497 e. The molecule has 0 aliphatic carbocycles. The lowest BCUT2D eigenvalue weighted by atomic mass is 10.2. The average Bonchev–Trinajstić information content (AvgIpc) is 2.41. The quantitative estimate of drug-likeness (QED) is 0.749. The van der Waals surface area contributed by atoms with Crippen molar-refractivity contribution in [2.45, 2.75) is 0 Å². The highest BCUT2D eigenvalue weighted by Gasteiger charge is 2.12. The molecule has 2 aromatic rings. The number of hydrogen-bond donors (Lipinski definition) is 1. The lowest BCUT2D eigenvalue weighted by Crippen LogP contribution is -2.13. The molecule has 0 aliphatic heterocycles. The first-order valence-corrected chi connectivity index (χ1v) is 7.57. The van der Waals surface area contributed by atoms with Gasteiger partial charge in [-0.3, -0.25) is 4.79 Å². The SMILES string of the molecule is COc1ccc(Br)c(NC(=O)c2ccc(Cl)cc2Br)c1. The van der Waals surface area contributed by atoms with Gasteiger partial charge >= 0.3 is 0 Å². The van der Waals surface area contributed by atoms with Crippen LogP contribution in [-0.4, -0.2) is 13.0 Å². The third-order valence-corrected chi connectivity index (χ3v) is 4.18. The number of hydrogen-bond acceptors (Lipinski definition) is 2. The Bertz CT molecular complexity index is 662. The van der Waals surface area contributed by atoms with Gasteiger partial charge in [0.25, 0.3) is 5.91 Å². The highest BCUT2D eigenvalue weighted by molar-refractivity contribution is 9.11. The van der Waals surface area contributed by atoms with Crippen molar-refractivity contribution in [1.82, 2.24) is 0 Å². The molecule has 0 saturated carbocycles. The number of carbonyl (C=O) groups excluding carboxylic acids is 1. The Morgan fingerprint density at radius 2 is 1.90 bits per heavy atom. The minimum atomic E-state index is -0.234. The van der Waals surface area contributed by atoms with Crippen molar-refractivity contribution >= 4 is 55.1 Å². The Kier molecular flexibility index (Phi) is 5.07. The number of carbonyl (C=O) groups is 1. The number of amides is 1. The van der Waals surface area contributed by atoms with Crippen molar-refractivity contribution in [2.75, 3.05) is 12.4 Å².